The van der Waals surface area contributed by atoms with Gasteiger partial charge in [0.1, 0.15) is 17.4 Å². The van der Waals surface area contributed by atoms with Crippen LogP contribution in [0, 0.1) is 13.8 Å². The van der Waals surface area contributed by atoms with Gasteiger partial charge in [0.25, 0.3) is 5.56 Å². The molecule has 0 aliphatic rings. The number of H-pyrrole nitrogens is 1. The Labute approximate surface area is 201 Å². The van der Waals surface area contributed by atoms with E-state index in [1.54, 1.807) is 12.3 Å². The van der Waals surface area contributed by atoms with Gasteiger partial charge in [0.05, 0.1) is 29.5 Å². The van der Waals surface area contributed by atoms with E-state index in [0.717, 1.165) is 29.6 Å². The summed E-state index contributed by atoms with van der Waals surface area (Å²) in [6.07, 6.45) is 3.32. The quantitative estimate of drug-likeness (QED) is 0.326. The first-order chi connectivity index (χ1) is 16.6. The van der Waals surface area contributed by atoms with Crippen molar-refractivity contribution >= 4 is 22.7 Å². The van der Waals surface area contributed by atoms with Gasteiger partial charge in [-0.05, 0) is 55.7 Å². The van der Waals surface area contributed by atoms with Gasteiger partial charge in [0.2, 0.25) is 0 Å². The summed E-state index contributed by atoms with van der Waals surface area (Å²) < 4.78 is 7.68. The number of rotatable bonds is 8. The molecule has 8 heteroatoms. The molecule has 5 aromatic rings. The van der Waals surface area contributed by atoms with Crippen LogP contribution in [0.3, 0.4) is 0 Å². The zero-order valence-corrected chi connectivity index (χ0v) is 19.9. The molecule has 0 radical (unpaired) electrons. The van der Waals surface area contributed by atoms with E-state index >= 15 is 0 Å². The number of fused-ring (bicyclic) bond motifs is 1. The lowest BCUT2D eigenvalue weighted by Gasteiger charge is -2.10. The molecule has 0 saturated heterocycles. The van der Waals surface area contributed by atoms with Gasteiger partial charge in [-0.3, -0.25) is 9.36 Å². The highest BCUT2D eigenvalue weighted by atomic mass is 32.2. The summed E-state index contributed by atoms with van der Waals surface area (Å²) in [7, 11) is 0. The maximum Gasteiger partial charge on any atom is 0.258 e. The lowest BCUT2D eigenvalue weighted by molar-refractivity contribution is 0.478. The molecule has 0 amide bonds. The molecule has 3 aromatic heterocycles. The summed E-state index contributed by atoms with van der Waals surface area (Å²) in [6.45, 7) is 4.80. The third kappa shape index (κ3) is 4.82. The molecular formula is C26H25N5O2S. The Balaban J connectivity index is 1.38. The van der Waals surface area contributed by atoms with Crippen molar-refractivity contribution < 1.29 is 4.42 Å². The summed E-state index contributed by atoms with van der Waals surface area (Å²) in [5.74, 6) is 2.83. The van der Waals surface area contributed by atoms with Gasteiger partial charge >= 0.3 is 0 Å². The summed E-state index contributed by atoms with van der Waals surface area (Å²) in [6, 6.07) is 17.7. The van der Waals surface area contributed by atoms with E-state index in [0.29, 0.717) is 29.0 Å². The largest absolute Gasteiger partial charge is 0.467 e. The Bertz CT molecular complexity index is 1490. The molecule has 0 atom stereocenters. The molecule has 2 aromatic carbocycles. The Morgan fingerprint density at radius 3 is 2.74 bits per heavy atom. The van der Waals surface area contributed by atoms with Crippen molar-refractivity contribution in [1.82, 2.24) is 24.7 Å². The number of hydrogen-bond donors (Lipinski definition) is 1. The monoisotopic (exact) mass is 471 g/mol. The highest BCUT2D eigenvalue weighted by molar-refractivity contribution is 7.98. The molecule has 0 aliphatic carbocycles. The topological polar surface area (TPSA) is 89.6 Å². The molecule has 0 unspecified atom stereocenters. The predicted molar refractivity (Wildman–Crippen MR) is 133 cm³/mol. The van der Waals surface area contributed by atoms with Crippen LogP contribution in [0.25, 0.3) is 10.9 Å². The van der Waals surface area contributed by atoms with Crippen LogP contribution >= 0.6 is 11.8 Å². The minimum Gasteiger partial charge on any atom is -0.467 e. The Morgan fingerprint density at radius 2 is 1.91 bits per heavy atom. The van der Waals surface area contributed by atoms with Crippen molar-refractivity contribution in [2.24, 2.45) is 0 Å². The van der Waals surface area contributed by atoms with Gasteiger partial charge in [-0.1, -0.05) is 47.7 Å². The molecular weight excluding hydrogens is 446 g/mol. The zero-order chi connectivity index (χ0) is 23.5. The summed E-state index contributed by atoms with van der Waals surface area (Å²) in [5, 5.41) is 10.3. The minimum atomic E-state index is -0.132. The van der Waals surface area contributed by atoms with Gasteiger partial charge in [-0.25, -0.2) is 4.98 Å². The number of nitrogens with zero attached hydrogens (tertiary/aromatic N) is 4. The molecule has 3 heterocycles. The standard InChI is InChI=1S/C26H25N5O2S/c1-17-9-10-19(18(2)14-17)11-12-24-29-30-26(31(24)15-20-6-5-13-33-20)34-16-23-27-22-8-4-3-7-21(22)25(32)28-23/h3-10,13-14H,11-12,15-16H2,1-2H3,(H,27,28,32). The average Bonchev–Trinajstić information content (AvgIpc) is 3.48. The van der Waals surface area contributed by atoms with Gasteiger partial charge in [-0.2, -0.15) is 0 Å². The summed E-state index contributed by atoms with van der Waals surface area (Å²) in [4.78, 5) is 19.9. The van der Waals surface area contributed by atoms with Crippen molar-refractivity contribution in [1.29, 1.82) is 0 Å². The molecule has 0 fully saturated rings. The van der Waals surface area contributed by atoms with Gasteiger partial charge in [-0.15, -0.1) is 10.2 Å². The SMILES string of the molecule is Cc1ccc(CCc2nnc(SCc3nc4ccccc4c(=O)[nH]3)n2Cc2ccco2)c(C)c1. The van der Waals surface area contributed by atoms with Crippen molar-refractivity contribution in [2.75, 3.05) is 0 Å². The fourth-order valence-corrected chi connectivity index (χ4v) is 4.86. The summed E-state index contributed by atoms with van der Waals surface area (Å²) in [5.41, 5.74) is 4.42. The Kier molecular flexibility index (Phi) is 6.31. The summed E-state index contributed by atoms with van der Waals surface area (Å²) >= 11 is 1.50. The number of para-hydroxylation sites is 1. The normalized spacial score (nSPS) is 11.4. The van der Waals surface area contributed by atoms with Crippen LogP contribution in [0.2, 0.25) is 0 Å². The van der Waals surface area contributed by atoms with Crippen LogP contribution in [0.15, 0.2) is 75.2 Å². The van der Waals surface area contributed by atoms with Gasteiger partial charge < -0.3 is 9.40 Å². The molecule has 0 saturated carbocycles. The van der Waals surface area contributed by atoms with E-state index < -0.39 is 0 Å². The smallest absolute Gasteiger partial charge is 0.258 e. The van der Waals surface area contributed by atoms with E-state index in [9.17, 15) is 4.79 Å². The highest BCUT2D eigenvalue weighted by Gasteiger charge is 2.16. The predicted octanol–water partition coefficient (Wildman–Crippen LogP) is 4.85. The van der Waals surface area contributed by atoms with Crippen LogP contribution in [-0.4, -0.2) is 24.7 Å². The third-order valence-corrected chi connectivity index (χ3v) is 6.78. The van der Waals surface area contributed by atoms with Crippen LogP contribution in [-0.2, 0) is 25.1 Å². The van der Waals surface area contributed by atoms with Gasteiger partial charge in [0, 0.05) is 6.42 Å². The zero-order valence-electron chi connectivity index (χ0n) is 19.1. The first-order valence-corrected chi connectivity index (χ1v) is 12.2. The molecule has 5 rings (SSSR count). The molecule has 34 heavy (non-hydrogen) atoms. The van der Waals surface area contributed by atoms with Gasteiger partial charge in [0.15, 0.2) is 5.16 Å². The second-order valence-electron chi connectivity index (χ2n) is 8.31. The number of hydrogen-bond acceptors (Lipinski definition) is 6. The second kappa shape index (κ2) is 9.69. The van der Waals surface area contributed by atoms with E-state index in [1.165, 1.54) is 28.5 Å². The highest BCUT2D eigenvalue weighted by Crippen LogP contribution is 2.23. The number of benzene rings is 2. The van der Waals surface area contributed by atoms with E-state index in [-0.39, 0.29) is 5.56 Å². The van der Waals surface area contributed by atoms with Crippen molar-refractivity contribution in [3.05, 3.63) is 105 Å². The lowest BCUT2D eigenvalue weighted by Crippen LogP contribution is -2.11. The molecule has 1 N–H and O–H groups in total. The maximum atomic E-state index is 12.4. The number of aromatic amines is 1. The van der Waals surface area contributed by atoms with E-state index in [2.05, 4.69) is 56.8 Å². The van der Waals surface area contributed by atoms with Crippen LogP contribution in [0.5, 0.6) is 0 Å². The van der Waals surface area contributed by atoms with E-state index in [1.807, 2.05) is 30.3 Å². The number of nitrogens with one attached hydrogen (secondary N) is 1. The number of furan rings is 1. The van der Waals surface area contributed by atoms with Crippen LogP contribution in [0.4, 0.5) is 0 Å². The number of aromatic nitrogens is 5. The minimum absolute atomic E-state index is 0.132. The van der Waals surface area contributed by atoms with E-state index in [4.69, 9.17) is 4.42 Å². The molecule has 0 bridgehead atoms. The molecule has 172 valence electrons. The first kappa shape index (κ1) is 22.2. The maximum absolute atomic E-state index is 12.4. The van der Waals surface area contributed by atoms with Crippen molar-refractivity contribution in [3.8, 4) is 0 Å². The molecule has 0 spiro atoms. The fraction of sp³-hybridized carbons (Fsp3) is 0.231. The second-order valence-corrected chi connectivity index (χ2v) is 9.26. The first-order valence-electron chi connectivity index (χ1n) is 11.2. The number of thioether (sulfide) groups is 1. The molecule has 0 aliphatic heterocycles. The molecule has 7 nitrogen and oxygen atoms in total. The Morgan fingerprint density at radius 1 is 1.03 bits per heavy atom. The Hall–Kier alpha value is -3.65. The lowest BCUT2D eigenvalue weighted by atomic mass is 10.0. The third-order valence-electron chi connectivity index (χ3n) is 5.80. The van der Waals surface area contributed by atoms with Crippen molar-refractivity contribution in [3.63, 3.8) is 0 Å². The number of aryl methyl sites for hydroxylation is 4. The average molecular weight is 472 g/mol. The van der Waals surface area contributed by atoms with Crippen molar-refractivity contribution in [2.45, 2.75) is 44.1 Å². The van der Waals surface area contributed by atoms with Crippen LogP contribution in [0.1, 0.15) is 34.1 Å². The van der Waals surface area contributed by atoms with Crippen LogP contribution < -0.4 is 5.56 Å². The fourth-order valence-electron chi connectivity index (χ4n) is 4.04.